The van der Waals surface area contributed by atoms with E-state index >= 15 is 0 Å². The van der Waals surface area contributed by atoms with E-state index in [0.717, 1.165) is 23.6 Å². The van der Waals surface area contributed by atoms with Crippen molar-refractivity contribution in [3.8, 4) is 5.69 Å². The molecule has 0 saturated carbocycles. The summed E-state index contributed by atoms with van der Waals surface area (Å²) in [6, 6.07) is 9.81. The van der Waals surface area contributed by atoms with Gasteiger partial charge in [0.2, 0.25) is 0 Å². The van der Waals surface area contributed by atoms with Crippen molar-refractivity contribution in [3.63, 3.8) is 0 Å². The van der Waals surface area contributed by atoms with E-state index in [1.807, 2.05) is 30.3 Å². The van der Waals surface area contributed by atoms with E-state index in [0.29, 0.717) is 0 Å². The standard InChI is InChI=1S/C13H15N3OS/c1-10-13(17,7-8-18-10)12-9-14-15-16(12)11-5-3-2-4-6-11/h2-6,9-10,17H,7-8H2,1H3. The highest BCUT2D eigenvalue weighted by Gasteiger charge is 2.43. The van der Waals surface area contributed by atoms with Crippen LogP contribution in [0.4, 0.5) is 0 Å². The number of rotatable bonds is 2. The van der Waals surface area contributed by atoms with E-state index in [4.69, 9.17) is 0 Å². The molecule has 0 radical (unpaired) electrons. The van der Waals surface area contributed by atoms with E-state index in [-0.39, 0.29) is 5.25 Å². The Bertz CT molecular complexity index is 542. The summed E-state index contributed by atoms with van der Waals surface area (Å²) >= 11 is 1.79. The minimum Gasteiger partial charge on any atom is -0.382 e. The van der Waals surface area contributed by atoms with Gasteiger partial charge in [-0.3, -0.25) is 0 Å². The number of aromatic nitrogens is 3. The zero-order valence-corrected chi connectivity index (χ0v) is 11.0. The summed E-state index contributed by atoms with van der Waals surface area (Å²) in [6.07, 6.45) is 2.43. The van der Waals surface area contributed by atoms with Crippen molar-refractivity contribution in [3.05, 3.63) is 42.2 Å². The second-order valence-corrected chi connectivity index (χ2v) is 6.00. The first-order valence-corrected chi connectivity index (χ1v) is 7.07. The Hall–Kier alpha value is -1.33. The molecule has 4 nitrogen and oxygen atoms in total. The molecule has 5 heteroatoms. The minimum absolute atomic E-state index is 0.165. The van der Waals surface area contributed by atoms with Gasteiger partial charge in [-0.2, -0.15) is 11.8 Å². The summed E-state index contributed by atoms with van der Waals surface area (Å²) in [5, 5.41) is 19.1. The van der Waals surface area contributed by atoms with Crippen LogP contribution in [0.25, 0.3) is 5.69 Å². The molecule has 1 aliphatic heterocycles. The van der Waals surface area contributed by atoms with Crippen LogP contribution in [-0.2, 0) is 5.60 Å². The molecule has 0 amide bonds. The van der Waals surface area contributed by atoms with Crippen LogP contribution in [0.1, 0.15) is 19.0 Å². The van der Waals surface area contributed by atoms with Crippen LogP contribution in [0.2, 0.25) is 0 Å². The summed E-state index contributed by atoms with van der Waals surface area (Å²) in [5.74, 6) is 0.970. The highest BCUT2D eigenvalue weighted by atomic mass is 32.2. The van der Waals surface area contributed by atoms with Gasteiger partial charge >= 0.3 is 0 Å². The maximum Gasteiger partial charge on any atom is 0.121 e. The van der Waals surface area contributed by atoms with E-state index in [2.05, 4.69) is 17.2 Å². The van der Waals surface area contributed by atoms with Gasteiger partial charge in [0, 0.05) is 5.25 Å². The van der Waals surface area contributed by atoms with Crippen molar-refractivity contribution >= 4 is 11.8 Å². The number of aliphatic hydroxyl groups is 1. The fraction of sp³-hybridized carbons (Fsp3) is 0.385. The Labute approximate surface area is 110 Å². The molecule has 18 heavy (non-hydrogen) atoms. The zero-order chi connectivity index (χ0) is 12.6. The normalized spacial score (nSPS) is 27.6. The first-order valence-electron chi connectivity index (χ1n) is 6.02. The molecule has 1 aromatic carbocycles. The molecule has 2 atom stereocenters. The third-order valence-corrected chi connectivity index (χ3v) is 4.85. The van der Waals surface area contributed by atoms with Gasteiger partial charge in [0.15, 0.2) is 0 Å². The van der Waals surface area contributed by atoms with Gasteiger partial charge in [-0.05, 0) is 24.3 Å². The Balaban J connectivity index is 2.07. The topological polar surface area (TPSA) is 50.9 Å². The summed E-state index contributed by atoms with van der Waals surface area (Å²) in [6.45, 7) is 2.06. The van der Waals surface area contributed by atoms with E-state index in [1.165, 1.54) is 0 Å². The molecule has 2 heterocycles. The SMILES string of the molecule is CC1SCCC1(O)c1cnnn1-c1ccccc1. The fourth-order valence-corrected chi connectivity index (χ4v) is 3.66. The summed E-state index contributed by atoms with van der Waals surface area (Å²) in [5.41, 5.74) is 0.887. The first-order chi connectivity index (χ1) is 8.72. The molecular weight excluding hydrogens is 246 g/mol. The molecule has 94 valence electrons. The Kier molecular flexibility index (Phi) is 2.87. The Morgan fingerprint density at radius 3 is 2.83 bits per heavy atom. The predicted octanol–water partition coefficient (Wildman–Crippen LogP) is 1.98. The van der Waals surface area contributed by atoms with Gasteiger partial charge < -0.3 is 5.11 Å². The summed E-state index contributed by atoms with van der Waals surface area (Å²) < 4.78 is 1.74. The first kappa shape index (κ1) is 11.7. The van der Waals surface area contributed by atoms with Crippen molar-refractivity contribution in [1.82, 2.24) is 15.0 Å². The second-order valence-electron chi connectivity index (χ2n) is 4.55. The molecule has 1 aliphatic rings. The van der Waals surface area contributed by atoms with Crippen LogP contribution in [0.15, 0.2) is 36.5 Å². The van der Waals surface area contributed by atoms with E-state index in [1.54, 1.807) is 22.6 Å². The molecule has 0 spiro atoms. The molecule has 2 unspecified atom stereocenters. The maximum atomic E-state index is 10.8. The lowest BCUT2D eigenvalue weighted by Gasteiger charge is -2.26. The lowest BCUT2D eigenvalue weighted by atomic mass is 9.93. The van der Waals surface area contributed by atoms with Gasteiger partial charge in [-0.15, -0.1) is 5.10 Å². The van der Waals surface area contributed by atoms with Gasteiger partial charge in [0.05, 0.1) is 17.6 Å². The van der Waals surface area contributed by atoms with Crippen LogP contribution in [-0.4, -0.2) is 31.1 Å². The lowest BCUT2D eigenvalue weighted by molar-refractivity contribution is 0.0357. The van der Waals surface area contributed by atoms with Crippen molar-refractivity contribution in [2.45, 2.75) is 24.2 Å². The molecule has 1 aromatic heterocycles. The van der Waals surface area contributed by atoms with Gasteiger partial charge in [0.1, 0.15) is 5.60 Å². The number of para-hydroxylation sites is 1. The Morgan fingerprint density at radius 2 is 2.17 bits per heavy atom. The monoisotopic (exact) mass is 261 g/mol. The third kappa shape index (κ3) is 1.74. The molecule has 1 saturated heterocycles. The number of hydrogen-bond acceptors (Lipinski definition) is 4. The number of nitrogens with zero attached hydrogens (tertiary/aromatic N) is 3. The maximum absolute atomic E-state index is 10.8. The summed E-state index contributed by atoms with van der Waals surface area (Å²) in [4.78, 5) is 0. The molecular formula is C13H15N3OS. The smallest absolute Gasteiger partial charge is 0.121 e. The average Bonchev–Trinajstić information content (AvgIpc) is 2.99. The van der Waals surface area contributed by atoms with Crippen molar-refractivity contribution < 1.29 is 5.11 Å². The van der Waals surface area contributed by atoms with E-state index in [9.17, 15) is 5.11 Å². The van der Waals surface area contributed by atoms with Crippen LogP contribution in [0.3, 0.4) is 0 Å². The minimum atomic E-state index is -0.829. The molecule has 1 N–H and O–H groups in total. The number of benzene rings is 1. The van der Waals surface area contributed by atoms with Crippen molar-refractivity contribution in [2.24, 2.45) is 0 Å². The van der Waals surface area contributed by atoms with Crippen LogP contribution >= 0.6 is 11.8 Å². The zero-order valence-electron chi connectivity index (χ0n) is 10.2. The molecule has 2 aromatic rings. The average molecular weight is 261 g/mol. The third-order valence-electron chi connectivity index (χ3n) is 3.52. The van der Waals surface area contributed by atoms with Crippen LogP contribution in [0.5, 0.6) is 0 Å². The quantitative estimate of drug-likeness (QED) is 0.898. The van der Waals surface area contributed by atoms with E-state index < -0.39 is 5.60 Å². The van der Waals surface area contributed by atoms with Crippen molar-refractivity contribution in [1.29, 1.82) is 0 Å². The highest BCUT2D eigenvalue weighted by Crippen LogP contribution is 2.43. The van der Waals surface area contributed by atoms with Gasteiger partial charge in [-0.1, -0.05) is 30.3 Å². The van der Waals surface area contributed by atoms with Gasteiger partial charge in [0.25, 0.3) is 0 Å². The van der Waals surface area contributed by atoms with Gasteiger partial charge in [-0.25, -0.2) is 4.68 Å². The van der Waals surface area contributed by atoms with Crippen molar-refractivity contribution in [2.75, 3.05) is 5.75 Å². The largest absolute Gasteiger partial charge is 0.382 e. The van der Waals surface area contributed by atoms with Crippen LogP contribution in [0, 0.1) is 0 Å². The number of hydrogen-bond donors (Lipinski definition) is 1. The van der Waals surface area contributed by atoms with Crippen LogP contribution < -0.4 is 0 Å². The molecule has 0 bridgehead atoms. The Morgan fingerprint density at radius 1 is 1.39 bits per heavy atom. The highest BCUT2D eigenvalue weighted by molar-refractivity contribution is 8.00. The molecule has 1 fully saturated rings. The second kappa shape index (κ2) is 4.40. The molecule has 0 aliphatic carbocycles. The summed E-state index contributed by atoms with van der Waals surface area (Å²) in [7, 11) is 0. The fourth-order valence-electron chi connectivity index (χ4n) is 2.36. The molecule has 3 rings (SSSR count). The predicted molar refractivity (Wildman–Crippen MR) is 71.8 cm³/mol. The lowest BCUT2D eigenvalue weighted by Crippen LogP contribution is -2.34. The number of thioether (sulfide) groups is 1.